The maximum absolute atomic E-state index is 11.8. The van der Waals surface area contributed by atoms with Crippen LogP contribution in [0.5, 0.6) is 0 Å². The van der Waals surface area contributed by atoms with E-state index in [1.807, 2.05) is 12.1 Å². The number of fused-ring (bicyclic) bond motifs is 1. The highest BCUT2D eigenvalue weighted by Gasteiger charge is 2.23. The molecule has 0 amide bonds. The van der Waals surface area contributed by atoms with Crippen molar-refractivity contribution in [1.82, 2.24) is 15.0 Å². The van der Waals surface area contributed by atoms with Gasteiger partial charge in [0.25, 0.3) is 5.69 Å². The van der Waals surface area contributed by atoms with E-state index >= 15 is 0 Å². The van der Waals surface area contributed by atoms with Gasteiger partial charge in [-0.15, -0.1) is 0 Å². The standard InChI is InChI=1S/C19H14N8O4/c28-26(29)14-8-6-13(7-9-14)24-25-19-17(27(30)31)18(21-11-22-19)23-15-5-1-3-12-4-2-10-20-16(12)15/h1-11,24H,(H2,21,22,23,25). The number of nitro benzene ring substituents is 1. The van der Waals surface area contributed by atoms with Crippen molar-refractivity contribution in [2.75, 3.05) is 16.2 Å². The van der Waals surface area contributed by atoms with E-state index in [0.717, 1.165) is 5.39 Å². The van der Waals surface area contributed by atoms with Gasteiger partial charge in [0, 0.05) is 23.7 Å². The minimum atomic E-state index is -0.610. The third-order valence-electron chi connectivity index (χ3n) is 4.29. The molecule has 12 nitrogen and oxygen atoms in total. The minimum Gasteiger partial charge on any atom is -0.332 e. The van der Waals surface area contributed by atoms with Crippen molar-refractivity contribution in [2.45, 2.75) is 0 Å². The number of nitro groups is 2. The van der Waals surface area contributed by atoms with Crippen molar-refractivity contribution >= 4 is 45.3 Å². The number of non-ortho nitro benzene ring substituents is 1. The fraction of sp³-hybridized carbons (Fsp3) is 0. The molecule has 2 aromatic carbocycles. The molecule has 154 valence electrons. The summed E-state index contributed by atoms with van der Waals surface area (Å²) in [6.45, 7) is 0. The monoisotopic (exact) mass is 418 g/mol. The van der Waals surface area contributed by atoms with Crippen LogP contribution < -0.4 is 16.2 Å². The number of anilines is 4. The van der Waals surface area contributed by atoms with E-state index in [-0.39, 0.29) is 23.0 Å². The van der Waals surface area contributed by atoms with E-state index in [2.05, 4.69) is 31.1 Å². The van der Waals surface area contributed by atoms with E-state index < -0.39 is 9.85 Å². The van der Waals surface area contributed by atoms with Gasteiger partial charge in [0.2, 0.25) is 11.6 Å². The fourth-order valence-corrected chi connectivity index (χ4v) is 2.87. The molecule has 0 spiro atoms. The molecule has 31 heavy (non-hydrogen) atoms. The Kier molecular flexibility index (Phi) is 5.17. The summed E-state index contributed by atoms with van der Waals surface area (Å²) in [6, 6.07) is 14.6. The molecule has 2 aromatic heterocycles. The minimum absolute atomic E-state index is 0.0221. The zero-order valence-electron chi connectivity index (χ0n) is 15.7. The van der Waals surface area contributed by atoms with Crippen LogP contribution in [0, 0.1) is 20.2 Å². The van der Waals surface area contributed by atoms with Crippen molar-refractivity contribution < 1.29 is 9.85 Å². The highest BCUT2D eigenvalue weighted by Crippen LogP contribution is 2.33. The summed E-state index contributed by atoms with van der Waals surface area (Å²) in [7, 11) is 0. The van der Waals surface area contributed by atoms with Gasteiger partial charge in [-0.05, 0) is 24.3 Å². The summed E-state index contributed by atoms with van der Waals surface area (Å²) in [6.07, 6.45) is 2.80. The number of nitrogens with zero attached hydrogens (tertiary/aromatic N) is 5. The Morgan fingerprint density at radius 3 is 2.26 bits per heavy atom. The summed E-state index contributed by atoms with van der Waals surface area (Å²) < 4.78 is 0. The lowest BCUT2D eigenvalue weighted by Crippen LogP contribution is -2.13. The molecule has 2 heterocycles. The molecule has 0 saturated carbocycles. The Morgan fingerprint density at radius 2 is 1.52 bits per heavy atom. The van der Waals surface area contributed by atoms with Gasteiger partial charge in [-0.25, -0.2) is 9.97 Å². The van der Waals surface area contributed by atoms with Gasteiger partial charge >= 0.3 is 5.69 Å². The average molecular weight is 418 g/mol. The Hall–Kier alpha value is -4.87. The van der Waals surface area contributed by atoms with Crippen LogP contribution in [-0.4, -0.2) is 24.8 Å². The molecule has 0 atom stereocenters. The zero-order valence-corrected chi connectivity index (χ0v) is 15.7. The largest absolute Gasteiger partial charge is 0.355 e. The Bertz CT molecular complexity index is 1270. The second-order valence-corrected chi connectivity index (χ2v) is 6.24. The van der Waals surface area contributed by atoms with Crippen LogP contribution in [0.15, 0.2) is 67.1 Å². The molecule has 0 fully saturated rings. The Morgan fingerprint density at radius 1 is 0.774 bits per heavy atom. The lowest BCUT2D eigenvalue weighted by Gasteiger charge is -2.12. The maximum Gasteiger partial charge on any atom is 0.355 e. The van der Waals surface area contributed by atoms with Crippen LogP contribution in [0.25, 0.3) is 10.9 Å². The van der Waals surface area contributed by atoms with Crippen LogP contribution in [0.4, 0.5) is 34.4 Å². The van der Waals surface area contributed by atoms with E-state index in [0.29, 0.717) is 16.9 Å². The molecular formula is C19H14N8O4. The van der Waals surface area contributed by atoms with Crippen LogP contribution in [0.3, 0.4) is 0 Å². The summed E-state index contributed by atoms with van der Waals surface area (Å²) in [4.78, 5) is 33.6. The maximum atomic E-state index is 11.8. The number of para-hydroxylation sites is 1. The third kappa shape index (κ3) is 4.12. The molecule has 0 aliphatic rings. The van der Waals surface area contributed by atoms with Gasteiger partial charge in [0.05, 0.1) is 26.7 Å². The first-order valence-electron chi connectivity index (χ1n) is 8.89. The lowest BCUT2D eigenvalue weighted by molar-refractivity contribution is -0.384. The molecule has 0 radical (unpaired) electrons. The number of pyridine rings is 1. The first-order valence-corrected chi connectivity index (χ1v) is 8.89. The van der Waals surface area contributed by atoms with Gasteiger partial charge in [0.1, 0.15) is 6.33 Å². The Balaban J connectivity index is 1.62. The number of hydrazine groups is 1. The molecule has 4 aromatic rings. The van der Waals surface area contributed by atoms with Crippen molar-refractivity contribution in [3.63, 3.8) is 0 Å². The summed E-state index contributed by atoms with van der Waals surface area (Å²) in [5.41, 5.74) is 6.57. The highest BCUT2D eigenvalue weighted by atomic mass is 16.6. The van der Waals surface area contributed by atoms with Crippen molar-refractivity contribution in [2.24, 2.45) is 0 Å². The molecule has 3 N–H and O–H groups in total. The molecule has 0 bridgehead atoms. The summed E-state index contributed by atoms with van der Waals surface area (Å²) in [5.74, 6) is -0.111. The Labute approximate surface area is 174 Å². The van der Waals surface area contributed by atoms with Crippen molar-refractivity contribution in [3.05, 3.63) is 87.4 Å². The number of hydrogen-bond acceptors (Lipinski definition) is 10. The average Bonchev–Trinajstić information content (AvgIpc) is 2.78. The topological polar surface area (TPSA) is 161 Å². The fourth-order valence-electron chi connectivity index (χ4n) is 2.87. The van der Waals surface area contributed by atoms with Crippen molar-refractivity contribution in [3.8, 4) is 0 Å². The van der Waals surface area contributed by atoms with Gasteiger partial charge in [-0.1, -0.05) is 18.2 Å². The first-order chi connectivity index (χ1) is 15.0. The second kappa shape index (κ2) is 8.24. The normalized spacial score (nSPS) is 10.5. The number of rotatable bonds is 7. The van der Waals surface area contributed by atoms with Crippen LogP contribution in [0.2, 0.25) is 0 Å². The van der Waals surface area contributed by atoms with Crippen LogP contribution in [-0.2, 0) is 0 Å². The molecule has 0 unspecified atom stereocenters. The van der Waals surface area contributed by atoms with E-state index in [4.69, 9.17) is 0 Å². The zero-order chi connectivity index (χ0) is 21.8. The number of benzene rings is 2. The van der Waals surface area contributed by atoms with Gasteiger partial charge in [-0.2, -0.15) is 0 Å². The first kappa shape index (κ1) is 19.4. The number of hydrogen-bond donors (Lipinski definition) is 3. The lowest BCUT2D eigenvalue weighted by atomic mass is 10.2. The van der Waals surface area contributed by atoms with E-state index in [9.17, 15) is 20.2 Å². The van der Waals surface area contributed by atoms with Crippen LogP contribution in [0.1, 0.15) is 0 Å². The third-order valence-corrected chi connectivity index (χ3v) is 4.29. The molecule has 0 saturated heterocycles. The summed E-state index contributed by atoms with van der Waals surface area (Å²) >= 11 is 0. The molecule has 12 heteroatoms. The molecule has 0 aliphatic heterocycles. The van der Waals surface area contributed by atoms with Crippen LogP contribution >= 0.6 is 0 Å². The number of aromatic nitrogens is 3. The van der Waals surface area contributed by atoms with Gasteiger partial charge < -0.3 is 5.32 Å². The SMILES string of the molecule is O=[N+]([O-])c1ccc(NNc2ncnc(Nc3cccc4cccnc34)c2[N+](=O)[O-])cc1. The molecular weight excluding hydrogens is 404 g/mol. The number of nitrogens with one attached hydrogen (secondary N) is 3. The quantitative estimate of drug-likeness (QED) is 0.295. The van der Waals surface area contributed by atoms with Crippen molar-refractivity contribution in [1.29, 1.82) is 0 Å². The predicted octanol–water partition coefficient (Wildman–Crippen LogP) is 4.02. The van der Waals surface area contributed by atoms with E-state index in [1.54, 1.807) is 24.4 Å². The van der Waals surface area contributed by atoms with Gasteiger partial charge in [0.15, 0.2) is 0 Å². The van der Waals surface area contributed by atoms with Gasteiger partial charge in [-0.3, -0.25) is 36.1 Å². The second-order valence-electron chi connectivity index (χ2n) is 6.24. The summed E-state index contributed by atoms with van der Waals surface area (Å²) in [5, 5.41) is 26.3. The van der Waals surface area contributed by atoms with E-state index in [1.165, 1.54) is 30.6 Å². The predicted molar refractivity (Wildman–Crippen MR) is 114 cm³/mol. The smallest absolute Gasteiger partial charge is 0.332 e. The highest BCUT2D eigenvalue weighted by molar-refractivity contribution is 5.92. The molecule has 0 aliphatic carbocycles. The molecule has 4 rings (SSSR count).